The number of carbonyl (C=O) groups excluding carboxylic acids is 2. The van der Waals surface area contributed by atoms with Crippen LogP contribution in [0.4, 0.5) is 14.6 Å². The average Bonchev–Trinajstić information content (AvgIpc) is 2.64. The molecule has 2 N–H and O–H groups in total. The summed E-state index contributed by atoms with van der Waals surface area (Å²) < 4.78 is 25.8. The molecule has 0 saturated heterocycles. The number of pyridine rings is 2. The molecule has 0 aromatic carbocycles. The van der Waals surface area contributed by atoms with Crippen LogP contribution in [0.1, 0.15) is 48.8 Å². The Balaban J connectivity index is 1.90. The standard InChI is InChI=1S/C20H24F2N4O2/c1-13(2)18(27)26-17-10-15(7-9-23-17)19(28)25-12-14-4-5-16(24-11-14)6-8-20(3,21)22/h4-5,7,9-11,13H,6,8,12H2,1-3H3,(H,25,28)(H,23,26,27). The van der Waals surface area contributed by atoms with Crippen molar-refractivity contribution in [2.24, 2.45) is 5.92 Å². The van der Waals surface area contributed by atoms with Crippen LogP contribution < -0.4 is 10.6 Å². The highest BCUT2D eigenvalue weighted by molar-refractivity contribution is 5.96. The molecule has 6 nitrogen and oxygen atoms in total. The molecular weight excluding hydrogens is 366 g/mol. The lowest BCUT2D eigenvalue weighted by Gasteiger charge is -2.10. The molecule has 2 aromatic rings. The van der Waals surface area contributed by atoms with Crippen LogP contribution in [0.5, 0.6) is 0 Å². The second kappa shape index (κ2) is 9.34. The first-order valence-electron chi connectivity index (χ1n) is 9.01. The van der Waals surface area contributed by atoms with Gasteiger partial charge in [0, 0.05) is 42.5 Å². The number of halogens is 2. The molecule has 0 saturated carbocycles. The third-order valence-electron chi connectivity index (χ3n) is 3.96. The molecule has 0 bridgehead atoms. The van der Waals surface area contributed by atoms with Gasteiger partial charge in [0.05, 0.1) is 0 Å². The van der Waals surface area contributed by atoms with Gasteiger partial charge < -0.3 is 10.6 Å². The summed E-state index contributed by atoms with van der Waals surface area (Å²) in [6.45, 7) is 4.65. The van der Waals surface area contributed by atoms with Crippen LogP contribution in [0.3, 0.4) is 0 Å². The average molecular weight is 390 g/mol. The first-order valence-corrected chi connectivity index (χ1v) is 9.01. The summed E-state index contributed by atoms with van der Waals surface area (Å²) in [7, 11) is 0. The second-order valence-corrected chi connectivity index (χ2v) is 6.98. The highest BCUT2D eigenvalue weighted by atomic mass is 19.3. The van der Waals surface area contributed by atoms with E-state index in [4.69, 9.17) is 0 Å². The van der Waals surface area contributed by atoms with Gasteiger partial charge in [-0.15, -0.1) is 0 Å². The molecule has 0 aliphatic heterocycles. The van der Waals surface area contributed by atoms with Gasteiger partial charge in [-0.05, 0) is 37.1 Å². The fraction of sp³-hybridized carbons (Fsp3) is 0.400. The van der Waals surface area contributed by atoms with E-state index in [1.165, 1.54) is 12.3 Å². The fourth-order valence-corrected chi connectivity index (χ4v) is 2.25. The number of alkyl halides is 2. The molecule has 2 heterocycles. The molecule has 2 aromatic heterocycles. The molecule has 0 spiro atoms. The Bertz CT molecular complexity index is 818. The minimum absolute atomic E-state index is 0.183. The number of amides is 2. The Morgan fingerprint density at radius 1 is 1.18 bits per heavy atom. The first-order chi connectivity index (χ1) is 13.1. The monoisotopic (exact) mass is 390 g/mol. The van der Waals surface area contributed by atoms with Crippen molar-refractivity contribution in [1.29, 1.82) is 0 Å². The number of hydrogen-bond donors (Lipinski definition) is 2. The minimum atomic E-state index is -2.72. The van der Waals surface area contributed by atoms with E-state index < -0.39 is 5.92 Å². The number of carbonyl (C=O) groups is 2. The van der Waals surface area contributed by atoms with Crippen LogP contribution in [-0.2, 0) is 17.8 Å². The third-order valence-corrected chi connectivity index (χ3v) is 3.96. The summed E-state index contributed by atoms with van der Waals surface area (Å²) in [6, 6.07) is 6.48. The highest BCUT2D eigenvalue weighted by Gasteiger charge is 2.20. The normalized spacial score (nSPS) is 11.4. The van der Waals surface area contributed by atoms with Crippen molar-refractivity contribution in [3.63, 3.8) is 0 Å². The van der Waals surface area contributed by atoms with Crippen molar-refractivity contribution in [3.8, 4) is 0 Å². The summed E-state index contributed by atoms with van der Waals surface area (Å²) >= 11 is 0. The van der Waals surface area contributed by atoms with E-state index >= 15 is 0 Å². The van der Waals surface area contributed by atoms with Crippen molar-refractivity contribution in [1.82, 2.24) is 15.3 Å². The fourth-order valence-electron chi connectivity index (χ4n) is 2.25. The predicted octanol–water partition coefficient (Wildman–Crippen LogP) is 3.59. The SMILES string of the molecule is CC(C)C(=O)Nc1cc(C(=O)NCc2ccc(CCC(C)(F)F)nc2)ccn1. The zero-order valence-electron chi connectivity index (χ0n) is 16.1. The lowest BCUT2D eigenvalue weighted by atomic mass is 10.1. The van der Waals surface area contributed by atoms with Gasteiger partial charge in [0.15, 0.2) is 0 Å². The van der Waals surface area contributed by atoms with Crippen LogP contribution in [0.2, 0.25) is 0 Å². The Hall–Kier alpha value is -2.90. The molecule has 0 radical (unpaired) electrons. The number of aryl methyl sites for hydroxylation is 1. The molecule has 0 fully saturated rings. The number of nitrogens with one attached hydrogen (secondary N) is 2. The predicted molar refractivity (Wildman–Crippen MR) is 102 cm³/mol. The summed E-state index contributed by atoms with van der Waals surface area (Å²) in [5.74, 6) is -3.11. The topological polar surface area (TPSA) is 84.0 Å². The van der Waals surface area contributed by atoms with Crippen molar-refractivity contribution >= 4 is 17.6 Å². The van der Waals surface area contributed by atoms with E-state index in [1.54, 1.807) is 38.2 Å². The lowest BCUT2D eigenvalue weighted by molar-refractivity contribution is -0.118. The Kier molecular flexibility index (Phi) is 7.14. The quantitative estimate of drug-likeness (QED) is 0.722. The minimum Gasteiger partial charge on any atom is -0.348 e. The second-order valence-electron chi connectivity index (χ2n) is 6.98. The molecule has 0 atom stereocenters. The third kappa shape index (κ3) is 7.02. The summed E-state index contributed by atoms with van der Waals surface area (Å²) in [4.78, 5) is 32.2. The Morgan fingerprint density at radius 3 is 2.54 bits per heavy atom. The van der Waals surface area contributed by atoms with Crippen LogP contribution in [0, 0.1) is 5.92 Å². The van der Waals surface area contributed by atoms with E-state index in [2.05, 4.69) is 20.6 Å². The van der Waals surface area contributed by atoms with Crippen LogP contribution >= 0.6 is 0 Å². The van der Waals surface area contributed by atoms with Crippen molar-refractivity contribution in [3.05, 3.63) is 53.5 Å². The van der Waals surface area contributed by atoms with Gasteiger partial charge in [0.1, 0.15) is 5.82 Å². The maximum Gasteiger partial charge on any atom is 0.251 e. The number of nitrogens with zero attached hydrogens (tertiary/aromatic N) is 2. The molecule has 2 rings (SSSR count). The van der Waals surface area contributed by atoms with Crippen molar-refractivity contribution in [2.45, 2.75) is 46.1 Å². The number of aromatic nitrogens is 2. The molecular formula is C20H24F2N4O2. The van der Waals surface area contributed by atoms with Gasteiger partial charge in [0.2, 0.25) is 11.8 Å². The van der Waals surface area contributed by atoms with Crippen molar-refractivity contribution in [2.75, 3.05) is 5.32 Å². The zero-order chi connectivity index (χ0) is 20.7. The van der Waals surface area contributed by atoms with Gasteiger partial charge in [-0.2, -0.15) is 0 Å². The van der Waals surface area contributed by atoms with E-state index in [1.807, 2.05) is 0 Å². The van der Waals surface area contributed by atoms with E-state index in [0.717, 1.165) is 12.5 Å². The lowest BCUT2D eigenvalue weighted by Crippen LogP contribution is -2.24. The van der Waals surface area contributed by atoms with Crippen LogP contribution in [0.25, 0.3) is 0 Å². The molecule has 0 aliphatic rings. The zero-order valence-corrected chi connectivity index (χ0v) is 16.1. The van der Waals surface area contributed by atoms with Gasteiger partial charge in [-0.1, -0.05) is 19.9 Å². The Morgan fingerprint density at radius 2 is 1.93 bits per heavy atom. The molecule has 0 aliphatic carbocycles. The van der Waals surface area contributed by atoms with Gasteiger partial charge >= 0.3 is 0 Å². The van der Waals surface area contributed by atoms with Crippen molar-refractivity contribution < 1.29 is 18.4 Å². The molecule has 28 heavy (non-hydrogen) atoms. The largest absolute Gasteiger partial charge is 0.348 e. The van der Waals surface area contributed by atoms with E-state index in [9.17, 15) is 18.4 Å². The van der Waals surface area contributed by atoms with Gasteiger partial charge in [-0.3, -0.25) is 14.6 Å². The first kappa shape index (κ1) is 21.4. The smallest absolute Gasteiger partial charge is 0.251 e. The van der Waals surface area contributed by atoms with Crippen LogP contribution in [-0.4, -0.2) is 27.7 Å². The number of anilines is 1. The van der Waals surface area contributed by atoms with Gasteiger partial charge in [0.25, 0.3) is 5.91 Å². The summed E-state index contributed by atoms with van der Waals surface area (Å²) in [6.07, 6.45) is 2.95. The molecule has 2 amide bonds. The van der Waals surface area contributed by atoms with Gasteiger partial charge in [-0.25, -0.2) is 13.8 Å². The van der Waals surface area contributed by atoms with Crippen LogP contribution in [0.15, 0.2) is 36.7 Å². The highest BCUT2D eigenvalue weighted by Crippen LogP contribution is 2.19. The van der Waals surface area contributed by atoms with E-state index in [-0.39, 0.29) is 37.1 Å². The number of hydrogen-bond acceptors (Lipinski definition) is 4. The Labute approximate surface area is 162 Å². The molecule has 0 unspecified atom stereocenters. The van der Waals surface area contributed by atoms with E-state index in [0.29, 0.717) is 17.1 Å². The summed E-state index contributed by atoms with van der Waals surface area (Å²) in [5, 5.41) is 5.40. The summed E-state index contributed by atoms with van der Waals surface area (Å²) in [5.41, 5.74) is 1.70. The maximum atomic E-state index is 12.9. The molecule has 8 heteroatoms. The molecule has 150 valence electrons. The number of rotatable bonds is 8. The maximum absolute atomic E-state index is 12.9.